The molecule has 2 rings (SSSR count). The van der Waals surface area contributed by atoms with Crippen LogP contribution in [0.15, 0.2) is 36.4 Å². The lowest BCUT2D eigenvalue weighted by atomic mass is 9.95. The first-order valence-corrected chi connectivity index (χ1v) is 11.3. The number of benzene rings is 2. The third-order valence-electron chi connectivity index (χ3n) is 4.83. The van der Waals surface area contributed by atoms with Crippen molar-refractivity contribution in [3.05, 3.63) is 73.7 Å². The highest BCUT2D eigenvalue weighted by Crippen LogP contribution is 2.42. The summed E-state index contributed by atoms with van der Waals surface area (Å²) in [4.78, 5) is 23.5. The smallest absolute Gasteiger partial charge is 0.273 e. The lowest BCUT2D eigenvalue weighted by molar-refractivity contribution is -0.144. The number of carbonyl (C=O) groups excluding carboxylic acids is 2. The first-order chi connectivity index (χ1) is 17.7. The van der Waals surface area contributed by atoms with Gasteiger partial charge in [-0.1, -0.05) is 40.9 Å². The molecule has 0 saturated carbocycles. The zero-order chi connectivity index (χ0) is 29.9. The summed E-state index contributed by atoms with van der Waals surface area (Å²) in [6.07, 6.45) is -18.0. The number of rotatable bonds is 6. The van der Waals surface area contributed by atoms with Gasteiger partial charge in [0.1, 0.15) is 11.7 Å². The number of hydrazine groups is 1. The first-order valence-electron chi connectivity index (χ1n) is 10.2. The molecule has 1 atom stereocenters. The minimum absolute atomic E-state index is 0.0357. The van der Waals surface area contributed by atoms with Crippen molar-refractivity contribution in [3.8, 4) is 0 Å². The van der Waals surface area contributed by atoms with Crippen molar-refractivity contribution in [1.29, 1.82) is 0 Å². The fourth-order valence-corrected chi connectivity index (χ4v) is 3.63. The molecule has 0 aliphatic carbocycles. The van der Waals surface area contributed by atoms with Crippen molar-refractivity contribution in [2.24, 2.45) is 0 Å². The highest BCUT2D eigenvalue weighted by molar-refractivity contribution is 6.48. The highest BCUT2D eigenvalue weighted by Gasteiger charge is 2.41. The second kappa shape index (κ2) is 12.2. The van der Waals surface area contributed by atoms with E-state index in [0.29, 0.717) is 12.1 Å². The fraction of sp³-hybridized carbons (Fsp3) is 0.273. The molecule has 17 heteroatoms. The minimum atomic E-state index is -5.34. The van der Waals surface area contributed by atoms with Crippen LogP contribution in [0.2, 0.25) is 15.1 Å². The molecule has 0 fully saturated rings. The number of halogens is 13. The van der Waals surface area contributed by atoms with E-state index >= 15 is 0 Å². The van der Waals surface area contributed by atoms with Crippen LogP contribution in [0.4, 0.5) is 43.9 Å². The van der Waals surface area contributed by atoms with E-state index in [0.717, 1.165) is 12.1 Å². The van der Waals surface area contributed by atoms with E-state index in [4.69, 9.17) is 34.8 Å². The number of nitrogens with one attached hydrogen (secondary N) is 2. The van der Waals surface area contributed by atoms with Crippen molar-refractivity contribution >= 4 is 52.4 Å². The van der Waals surface area contributed by atoms with Gasteiger partial charge in [-0.25, -0.2) is 4.39 Å². The third kappa shape index (κ3) is 9.17. The van der Waals surface area contributed by atoms with Gasteiger partial charge < -0.3 is 0 Å². The molecule has 214 valence electrons. The van der Waals surface area contributed by atoms with Crippen LogP contribution in [-0.2, 0) is 11.0 Å². The minimum Gasteiger partial charge on any atom is -0.273 e. The normalized spacial score (nSPS) is 13.7. The lowest BCUT2D eigenvalue weighted by Gasteiger charge is -2.19. The fourth-order valence-electron chi connectivity index (χ4n) is 3.01. The Hall–Kier alpha value is -2.71. The number of hydrogen-bond acceptors (Lipinski definition) is 2. The summed E-state index contributed by atoms with van der Waals surface area (Å²) in [6.45, 7) is 0. The van der Waals surface area contributed by atoms with Gasteiger partial charge in [-0.2, -0.15) is 39.5 Å². The maximum absolute atomic E-state index is 14.9. The van der Waals surface area contributed by atoms with Gasteiger partial charge in [0.25, 0.3) is 5.91 Å². The quantitative estimate of drug-likeness (QED) is 0.191. The van der Waals surface area contributed by atoms with Crippen molar-refractivity contribution in [3.63, 3.8) is 0 Å². The Morgan fingerprint density at radius 2 is 1.44 bits per heavy atom. The second-order valence-corrected chi connectivity index (χ2v) is 8.90. The zero-order valence-electron chi connectivity index (χ0n) is 18.7. The standard InChI is InChI=1S/C22H13Cl3F10N2O2/c23-14-6-10(7-15(24)18(14)25)12(21(30,31)32)8-16(26)9-1-2-11(13(5-9)22(33,34)35)19(39)37-36-17(38)3-4-20(27,28)29/h1-2,5-8,12H,3-4H2,(H,36,38)(H,37,39)/b16-8-. The van der Waals surface area contributed by atoms with Crippen LogP contribution in [0.25, 0.3) is 5.83 Å². The maximum Gasteiger partial charge on any atom is 0.417 e. The molecular formula is C22H13Cl3F10N2O2. The summed E-state index contributed by atoms with van der Waals surface area (Å²) in [5.41, 5.74) is -1.72. The molecule has 4 nitrogen and oxygen atoms in total. The van der Waals surface area contributed by atoms with Crippen molar-refractivity contribution in [2.45, 2.75) is 37.3 Å². The Balaban J connectivity index is 2.41. The number of hydrogen-bond donors (Lipinski definition) is 2. The van der Waals surface area contributed by atoms with Crippen LogP contribution >= 0.6 is 34.8 Å². The predicted octanol–water partition coefficient (Wildman–Crippen LogP) is 8.43. The summed E-state index contributed by atoms with van der Waals surface area (Å²) in [7, 11) is 0. The largest absolute Gasteiger partial charge is 0.417 e. The number of carbonyl (C=O) groups is 2. The monoisotopic (exact) mass is 632 g/mol. The zero-order valence-corrected chi connectivity index (χ0v) is 21.0. The molecule has 2 N–H and O–H groups in total. The van der Waals surface area contributed by atoms with Gasteiger partial charge in [-0.3, -0.25) is 20.4 Å². The summed E-state index contributed by atoms with van der Waals surface area (Å²) in [6, 6.07) is 2.49. The van der Waals surface area contributed by atoms with E-state index < -0.39 is 87.2 Å². The van der Waals surface area contributed by atoms with E-state index in [2.05, 4.69) is 0 Å². The predicted molar refractivity (Wildman–Crippen MR) is 122 cm³/mol. The molecule has 39 heavy (non-hydrogen) atoms. The average Bonchev–Trinajstić information content (AvgIpc) is 2.80. The Morgan fingerprint density at radius 3 is 1.92 bits per heavy atom. The Bertz CT molecular complexity index is 1250. The average molecular weight is 634 g/mol. The number of alkyl halides is 9. The molecule has 0 saturated heterocycles. The van der Waals surface area contributed by atoms with Crippen LogP contribution in [-0.4, -0.2) is 24.2 Å². The van der Waals surface area contributed by atoms with Crippen LogP contribution in [0, 0.1) is 0 Å². The molecule has 0 heterocycles. The maximum atomic E-state index is 14.9. The molecule has 0 bridgehead atoms. The van der Waals surface area contributed by atoms with Gasteiger partial charge in [0.15, 0.2) is 0 Å². The Labute approximate surface area is 227 Å². The molecule has 2 aromatic rings. The molecular weight excluding hydrogens is 621 g/mol. The van der Waals surface area contributed by atoms with E-state index in [1.54, 1.807) is 0 Å². The van der Waals surface area contributed by atoms with Gasteiger partial charge in [-0.15, -0.1) is 0 Å². The molecule has 2 aromatic carbocycles. The van der Waals surface area contributed by atoms with E-state index in [-0.39, 0.29) is 17.2 Å². The van der Waals surface area contributed by atoms with Crippen LogP contribution in [0.3, 0.4) is 0 Å². The summed E-state index contributed by atoms with van der Waals surface area (Å²) in [5.74, 6) is -7.51. The SMILES string of the molecule is O=C(CCC(F)(F)F)NNC(=O)c1ccc(/C(F)=C/C(c2cc(Cl)c(Cl)c(Cl)c2)C(F)(F)F)cc1C(F)(F)F. The molecule has 0 aromatic heterocycles. The van der Waals surface area contributed by atoms with Gasteiger partial charge >= 0.3 is 18.5 Å². The first kappa shape index (κ1) is 32.5. The highest BCUT2D eigenvalue weighted by atomic mass is 35.5. The molecule has 0 aliphatic heterocycles. The second-order valence-electron chi connectivity index (χ2n) is 7.71. The molecule has 1 unspecified atom stereocenters. The lowest BCUT2D eigenvalue weighted by Crippen LogP contribution is -2.42. The summed E-state index contributed by atoms with van der Waals surface area (Å²) < 4.78 is 133. The van der Waals surface area contributed by atoms with Crippen molar-refractivity contribution in [2.75, 3.05) is 0 Å². The van der Waals surface area contributed by atoms with Crippen molar-refractivity contribution < 1.29 is 53.5 Å². The molecule has 0 radical (unpaired) electrons. The third-order valence-corrected chi connectivity index (χ3v) is 6.02. The Kier molecular flexibility index (Phi) is 10.2. The summed E-state index contributed by atoms with van der Waals surface area (Å²) in [5, 5.41) is -1.09. The number of allylic oxidation sites excluding steroid dienone is 1. The van der Waals surface area contributed by atoms with E-state index in [1.807, 2.05) is 0 Å². The van der Waals surface area contributed by atoms with E-state index in [9.17, 15) is 53.5 Å². The van der Waals surface area contributed by atoms with Gasteiger partial charge in [0, 0.05) is 12.0 Å². The number of amides is 2. The van der Waals surface area contributed by atoms with Crippen LogP contribution in [0.1, 0.15) is 45.8 Å². The van der Waals surface area contributed by atoms with Gasteiger partial charge in [-0.05, 0) is 35.9 Å². The molecule has 0 spiro atoms. The van der Waals surface area contributed by atoms with Gasteiger partial charge in [0.2, 0.25) is 5.91 Å². The Morgan fingerprint density at radius 1 is 0.872 bits per heavy atom. The molecule has 2 amide bonds. The van der Waals surface area contributed by atoms with Crippen LogP contribution in [0.5, 0.6) is 0 Å². The topological polar surface area (TPSA) is 58.2 Å². The van der Waals surface area contributed by atoms with E-state index in [1.165, 1.54) is 10.9 Å². The van der Waals surface area contributed by atoms with Crippen LogP contribution < -0.4 is 10.9 Å². The molecule has 0 aliphatic rings. The van der Waals surface area contributed by atoms with Gasteiger partial charge in [0.05, 0.1) is 32.6 Å². The summed E-state index contributed by atoms with van der Waals surface area (Å²) >= 11 is 17.2. The van der Waals surface area contributed by atoms with Crippen molar-refractivity contribution in [1.82, 2.24) is 10.9 Å².